The van der Waals surface area contributed by atoms with Crippen LogP contribution in [0.3, 0.4) is 0 Å². The van der Waals surface area contributed by atoms with Crippen LogP contribution in [0.4, 0.5) is 0 Å². The van der Waals surface area contributed by atoms with Crippen molar-refractivity contribution in [1.82, 2.24) is 4.98 Å². The van der Waals surface area contributed by atoms with Gasteiger partial charge in [-0.25, -0.2) is 4.79 Å². The van der Waals surface area contributed by atoms with Crippen LogP contribution >= 0.6 is 0 Å². The molecule has 0 aliphatic rings. The topological polar surface area (TPSA) is 86.8 Å². The van der Waals surface area contributed by atoms with Gasteiger partial charge in [0.15, 0.2) is 12.4 Å². The number of amidine groups is 1. The highest BCUT2D eigenvalue weighted by Crippen LogP contribution is 2.12. The lowest BCUT2D eigenvalue weighted by atomic mass is 10.2. The molecule has 0 saturated carbocycles. The summed E-state index contributed by atoms with van der Waals surface area (Å²) in [4.78, 5) is 20.1. The molecule has 0 unspecified atom stereocenters. The molecule has 2 aromatic rings. The van der Waals surface area contributed by atoms with Crippen LogP contribution < -0.4 is 10.5 Å². The Bertz CT molecular complexity index is 642. The molecule has 0 spiro atoms. The summed E-state index contributed by atoms with van der Waals surface area (Å²) >= 11 is 0. The van der Waals surface area contributed by atoms with Gasteiger partial charge in [-0.3, -0.25) is 4.98 Å². The summed E-state index contributed by atoms with van der Waals surface area (Å²) in [5.41, 5.74) is 7.28. The second-order valence-corrected chi connectivity index (χ2v) is 4.29. The molecule has 0 aliphatic carbocycles. The number of ether oxygens (including phenoxy) is 1. The first-order valence-electron chi connectivity index (χ1n) is 6.28. The highest BCUT2D eigenvalue weighted by molar-refractivity contribution is 5.97. The van der Waals surface area contributed by atoms with E-state index >= 15 is 0 Å². The van der Waals surface area contributed by atoms with Crippen LogP contribution in [0.5, 0.6) is 5.75 Å². The maximum Gasteiger partial charge on any atom is 0.372 e. The minimum atomic E-state index is -0.636. The molecule has 2 rings (SSSR count). The number of nitrogens with zero attached hydrogens (tertiary/aromatic N) is 2. The second kappa shape index (κ2) is 7.04. The zero-order valence-electron chi connectivity index (χ0n) is 11.5. The van der Waals surface area contributed by atoms with Crippen LogP contribution in [0.1, 0.15) is 11.1 Å². The van der Waals surface area contributed by atoms with Crippen LogP contribution in [-0.2, 0) is 9.63 Å². The highest BCUT2D eigenvalue weighted by atomic mass is 16.7. The van der Waals surface area contributed by atoms with E-state index < -0.39 is 5.97 Å². The average molecular weight is 285 g/mol. The number of pyridine rings is 1. The van der Waals surface area contributed by atoms with E-state index in [-0.39, 0.29) is 12.4 Å². The third-order valence-electron chi connectivity index (χ3n) is 2.55. The van der Waals surface area contributed by atoms with E-state index in [1.165, 1.54) is 6.20 Å². The van der Waals surface area contributed by atoms with Gasteiger partial charge in [-0.05, 0) is 36.8 Å². The molecule has 0 bridgehead atoms. The van der Waals surface area contributed by atoms with Crippen LogP contribution in [0.15, 0.2) is 53.9 Å². The fourth-order valence-electron chi connectivity index (χ4n) is 1.54. The zero-order chi connectivity index (χ0) is 15.1. The minimum Gasteiger partial charge on any atom is -0.482 e. The maximum atomic E-state index is 11.5. The Morgan fingerprint density at radius 3 is 2.90 bits per heavy atom. The number of oxime groups is 1. The van der Waals surface area contributed by atoms with Crippen molar-refractivity contribution in [2.75, 3.05) is 6.61 Å². The Kier molecular flexibility index (Phi) is 4.87. The van der Waals surface area contributed by atoms with Crippen molar-refractivity contribution in [2.24, 2.45) is 10.9 Å². The number of carbonyl (C=O) groups excluding carboxylic acids is 1. The van der Waals surface area contributed by atoms with E-state index in [1.54, 1.807) is 24.4 Å². The van der Waals surface area contributed by atoms with Gasteiger partial charge in [0.1, 0.15) is 5.75 Å². The number of aryl methyl sites for hydroxylation is 1. The summed E-state index contributed by atoms with van der Waals surface area (Å²) in [7, 11) is 0. The van der Waals surface area contributed by atoms with E-state index in [0.717, 1.165) is 5.56 Å². The first-order valence-corrected chi connectivity index (χ1v) is 6.28. The van der Waals surface area contributed by atoms with Crippen LogP contribution in [-0.4, -0.2) is 23.4 Å². The Balaban J connectivity index is 1.85. The number of nitrogens with two attached hydrogens (primary N) is 1. The van der Waals surface area contributed by atoms with Crippen LogP contribution in [0, 0.1) is 6.92 Å². The summed E-state index contributed by atoms with van der Waals surface area (Å²) in [6.45, 7) is 1.69. The Morgan fingerprint density at radius 2 is 2.19 bits per heavy atom. The van der Waals surface area contributed by atoms with Crippen molar-refractivity contribution in [3.63, 3.8) is 0 Å². The van der Waals surface area contributed by atoms with Gasteiger partial charge in [0.05, 0.1) is 0 Å². The van der Waals surface area contributed by atoms with Crippen molar-refractivity contribution < 1.29 is 14.4 Å². The largest absolute Gasteiger partial charge is 0.482 e. The molecule has 0 radical (unpaired) electrons. The molecule has 21 heavy (non-hydrogen) atoms. The van der Waals surface area contributed by atoms with Crippen molar-refractivity contribution in [2.45, 2.75) is 6.92 Å². The molecule has 0 amide bonds. The predicted molar refractivity (Wildman–Crippen MR) is 77.7 cm³/mol. The summed E-state index contributed by atoms with van der Waals surface area (Å²) in [6.07, 6.45) is 3.13. The molecule has 0 saturated heterocycles. The molecule has 0 aliphatic heterocycles. The molecule has 2 N–H and O–H groups in total. The summed E-state index contributed by atoms with van der Waals surface area (Å²) in [5.74, 6) is 0.0338. The summed E-state index contributed by atoms with van der Waals surface area (Å²) in [6, 6.07) is 10.8. The van der Waals surface area contributed by atoms with E-state index in [0.29, 0.717) is 11.3 Å². The standard InChI is InChI=1S/C15H15N3O3/c1-11-4-2-6-13(8-11)20-10-14(19)21-18-15(16)12-5-3-7-17-9-12/h2-9H,10H2,1H3,(H2,16,18). The van der Waals surface area contributed by atoms with Gasteiger partial charge in [0.2, 0.25) is 0 Å². The van der Waals surface area contributed by atoms with Crippen molar-refractivity contribution in [1.29, 1.82) is 0 Å². The van der Waals surface area contributed by atoms with Crippen LogP contribution in [0.2, 0.25) is 0 Å². The lowest BCUT2D eigenvalue weighted by molar-refractivity contribution is -0.146. The van der Waals surface area contributed by atoms with Gasteiger partial charge in [-0.2, -0.15) is 0 Å². The molecule has 108 valence electrons. The fourth-order valence-corrected chi connectivity index (χ4v) is 1.54. The van der Waals surface area contributed by atoms with E-state index in [2.05, 4.69) is 15.0 Å². The Hall–Kier alpha value is -2.89. The van der Waals surface area contributed by atoms with Gasteiger partial charge < -0.3 is 15.3 Å². The van der Waals surface area contributed by atoms with Crippen molar-refractivity contribution in [3.05, 3.63) is 59.9 Å². The lowest BCUT2D eigenvalue weighted by Gasteiger charge is -2.05. The summed E-state index contributed by atoms with van der Waals surface area (Å²) < 4.78 is 5.29. The normalized spacial score (nSPS) is 11.0. The van der Waals surface area contributed by atoms with E-state index in [1.807, 2.05) is 25.1 Å². The quantitative estimate of drug-likeness (QED) is 0.390. The Morgan fingerprint density at radius 1 is 1.33 bits per heavy atom. The Labute approximate surface area is 122 Å². The van der Waals surface area contributed by atoms with E-state index in [9.17, 15) is 4.79 Å². The second-order valence-electron chi connectivity index (χ2n) is 4.29. The number of benzene rings is 1. The number of carbonyl (C=O) groups is 1. The SMILES string of the molecule is Cc1cccc(OCC(=O)O/N=C(/N)c2cccnc2)c1. The number of hydrogen-bond acceptors (Lipinski definition) is 5. The smallest absolute Gasteiger partial charge is 0.372 e. The molecule has 1 aromatic carbocycles. The van der Waals surface area contributed by atoms with Crippen molar-refractivity contribution in [3.8, 4) is 5.75 Å². The summed E-state index contributed by atoms with van der Waals surface area (Å²) in [5, 5.41) is 3.55. The molecule has 0 fully saturated rings. The zero-order valence-corrected chi connectivity index (χ0v) is 11.5. The third-order valence-corrected chi connectivity index (χ3v) is 2.55. The van der Waals surface area contributed by atoms with Crippen molar-refractivity contribution >= 4 is 11.8 Å². The lowest BCUT2D eigenvalue weighted by Crippen LogP contribution is -2.18. The maximum absolute atomic E-state index is 11.5. The number of aromatic nitrogens is 1. The monoisotopic (exact) mass is 285 g/mol. The molecular formula is C15H15N3O3. The first kappa shape index (κ1) is 14.5. The van der Waals surface area contributed by atoms with Crippen LogP contribution in [0.25, 0.3) is 0 Å². The molecule has 0 atom stereocenters. The molecular weight excluding hydrogens is 270 g/mol. The third kappa shape index (κ3) is 4.61. The highest BCUT2D eigenvalue weighted by Gasteiger charge is 2.06. The predicted octanol–water partition coefficient (Wildman–Crippen LogP) is 1.63. The molecule has 1 heterocycles. The average Bonchev–Trinajstić information content (AvgIpc) is 2.51. The fraction of sp³-hybridized carbons (Fsp3) is 0.133. The van der Waals surface area contributed by atoms with Gasteiger partial charge >= 0.3 is 5.97 Å². The van der Waals surface area contributed by atoms with Gasteiger partial charge in [-0.1, -0.05) is 17.3 Å². The number of rotatable bonds is 5. The van der Waals surface area contributed by atoms with Gasteiger partial charge in [-0.15, -0.1) is 0 Å². The first-order chi connectivity index (χ1) is 10.1. The van der Waals surface area contributed by atoms with E-state index in [4.69, 9.17) is 10.5 Å². The minimum absolute atomic E-state index is 0.0759. The molecule has 6 heteroatoms. The van der Waals surface area contributed by atoms with Gasteiger partial charge in [0, 0.05) is 18.0 Å². The number of hydrogen-bond donors (Lipinski definition) is 1. The molecule has 1 aromatic heterocycles. The van der Waals surface area contributed by atoms with Gasteiger partial charge in [0.25, 0.3) is 0 Å². The molecule has 6 nitrogen and oxygen atoms in total.